The number of aryl methyl sites for hydroxylation is 1. The van der Waals surface area contributed by atoms with Crippen LogP contribution in [0.5, 0.6) is 0 Å². The number of nitrogens with two attached hydrogens (primary N) is 1. The van der Waals surface area contributed by atoms with Gasteiger partial charge in [0.2, 0.25) is 5.78 Å². The fraction of sp³-hybridized carbons (Fsp3) is 0.0500. The number of nitrogens with zero attached hydrogens (tertiary/aromatic N) is 3. The number of hydrogen-bond donors (Lipinski definition) is 3. The number of hydrogen-bond acceptors (Lipinski definition) is 4. The molecule has 0 aliphatic heterocycles. The van der Waals surface area contributed by atoms with Crippen LogP contribution in [0.25, 0.3) is 27.6 Å². The molecular formula is C20H15IN6O. The number of halogens is 1. The predicted molar refractivity (Wildman–Crippen MR) is 117 cm³/mol. The lowest BCUT2D eigenvalue weighted by Gasteiger charge is -2.04. The zero-order valence-electron chi connectivity index (χ0n) is 14.8. The number of aromatic nitrogens is 5. The summed E-state index contributed by atoms with van der Waals surface area (Å²) in [6, 6.07) is 13.5. The number of H-pyrrole nitrogens is 2. The van der Waals surface area contributed by atoms with Crippen molar-refractivity contribution in [2.45, 2.75) is 6.92 Å². The molecule has 0 aliphatic rings. The van der Waals surface area contributed by atoms with Crippen molar-refractivity contribution in [1.82, 2.24) is 24.7 Å². The molecule has 4 N–H and O–H groups in total. The van der Waals surface area contributed by atoms with Crippen LogP contribution in [0, 0.1) is 10.5 Å². The second-order valence-corrected chi connectivity index (χ2v) is 7.87. The first-order chi connectivity index (χ1) is 13.5. The Morgan fingerprint density at radius 3 is 2.79 bits per heavy atom. The number of aromatic amines is 2. The SMILES string of the molecule is Cc1nc2cc(-n3ncc(C(=O)c4cc5cc(I)ccc5[nH]4)c3N)ccc2[nH]1. The van der Waals surface area contributed by atoms with Crippen molar-refractivity contribution >= 4 is 56.1 Å². The molecule has 7 nitrogen and oxygen atoms in total. The molecule has 0 atom stereocenters. The van der Waals surface area contributed by atoms with Crippen LogP contribution in [0.2, 0.25) is 0 Å². The highest BCUT2D eigenvalue weighted by molar-refractivity contribution is 14.1. The summed E-state index contributed by atoms with van der Waals surface area (Å²) in [5.41, 5.74) is 10.6. The number of imidazole rings is 1. The van der Waals surface area contributed by atoms with Crippen molar-refractivity contribution in [1.29, 1.82) is 0 Å². The average Bonchev–Trinajstić information content (AvgIpc) is 3.35. The van der Waals surface area contributed by atoms with Gasteiger partial charge in [0.1, 0.15) is 11.6 Å². The van der Waals surface area contributed by atoms with Crippen LogP contribution in [0.1, 0.15) is 21.9 Å². The maximum atomic E-state index is 13.0. The predicted octanol–water partition coefficient (Wildman–Crippen LogP) is 3.96. The Hall–Kier alpha value is -3.14. The molecule has 3 heterocycles. The number of anilines is 1. The molecule has 0 aliphatic carbocycles. The van der Waals surface area contributed by atoms with E-state index in [9.17, 15) is 4.79 Å². The van der Waals surface area contributed by atoms with E-state index < -0.39 is 0 Å². The number of nitrogen functional groups attached to an aromatic ring is 1. The topological polar surface area (TPSA) is 105 Å². The van der Waals surface area contributed by atoms with Crippen LogP contribution in [0.15, 0.2) is 48.7 Å². The number of nitrogens with one attached hydrogen (secondary N) is 2. The number of ketones is 1. The van der Waals surface area contributed by atoms with Crippen molar-refractivity contribution < 1.29 is 4.79 Å². The minimum absolute atomic E-state index is 0.188. The summed E-state index contributed by atoms with van der Waals surface area (Å²) in [7, 11) is 0. The second-order valence-electron chi connectivity index (χ2n) is 6.62. The molecule has 0 unspecified atom stereocenters. The number of fused-ring (bicyclic) bond motifs is 2. The lowest BCUT2D eigenvalue weighted by molar-refractivity contribution is 0.103. The molecule has 0 spiro atoms. The van der Waals surface area contributed by atoms with E-state index in [1.165, 1.54) is 6.20 Å². The third-order valence-corrected chi connectivity index (χ3v) is 5.38. The molecule has 0 saturated heterocycles. The van der Waals surface area contributed by atoms with E-state index in [-0.39, 0.29) is 5.78 Å². The molecule has 138 valence electrons. The Morgan fingerprint density at radius 1 is 1.11 bits per heavy atom. The van der Waals surface area contributed by atoms with E-state index in [4.69, 9.17) is 5.73 Å². The first kappa shape index (κ1) is 17.0. The van der Waals surface area contributed by atoms with Gasteiger partial charge in [-0.05, 0) is 72.0 Å². The Morgan fingerprint density at radius 2 is 1.93 bits per heavy atom. The van der Waals surface area contributed by atoms with Gasteiger partial charge in [0.05, 0.1) is 34.2 Å². The first-order valence-electron chi connectivity index (χ1n) is 8.63. The van der Waals surface area contributed by atoms with Crippen molar-refractivity contribution in [3.05, 3.63) is 69.3 Å². The highest BCUT2D eigenvalue weighted by Crippen LogP contribution is 2.25. The van der Waals surface area contributed by atoms with Gasteiger partial charge in [-0.3, -0.25) is 4.79 Å². The molecule has 28 heavy (non-hydrogen) atoms. The lowest BCUT2D eigenvalue weighted by Crippen LogP contribution is -2.07. The zero-order chi connectivity index (χ0) is 19.4. The summed E-state index contributed by atoms with van der Waals surface area (Å²) in [5.74, 6) is 0.946. The van der Waals surface area contributed by atoms with E-state index in [0.29, 0.717) is 17.1 Å². The quantitative estimate of drug-likeness (QED) is 0.268. The van der Waals surface area contributed by atoms with Gasteiger partial charge in [-0.25, -0.2) is 9.67 Å². The molecular weight excluding hydrogens is 467 g/mol. The molecule has 8 heteroatoms. The Labute approximate surface area is 173 Å². The second kappa shape index (κ2) is 6.20. The smallest absolute Gasteiger partial charge is 0.214 e. The van der Waals surface area contributed by atoms with Gasteiger partial charge >= 0.3 is 0 Å². The van der Waals surface area contributed by atoms with Gasteiger partial charge in [0, 0.05) is 14.5 Å². The minimum atomic E-state index is -0.188. The third-order valence-electron chi connectivity index (χ3n) is 4.71. The lowest BCUT2D eigenvalue weighted by atomic mass is 10.1. The normalized spacial score (nSPS) is 11.5. The fourth-order valence-electron chi connectivity index (χ4n) is 3.36. The monoisotopic (exact) mass is 482 g/mol. The first-order valence-corrected chi connectivity index (χ1v) is 9.71. The van der Waals surface area contributed by atoms with Crippen LogP contribution in [-0.4, -0.2) is 30.5 Å². The summed E-state index contributed by atoms with van der Waals surface area (Å²) in [6.07, 6.45) is 1.51. The zero-order valence-corrected chi connectivity index (χ0v) is 17.0. The standard InChI is InChI=1S/C20H15IN6O/c1-10-24-16-5-3-13(8-17(16)25-10)27-20(22)14(9-23-27)19(28)18-7-11-6-12(21)2-4-15(11)26-18/h2-9,26H,22H2,1H3,(H,24,25). The Balaban J connectivity index is 1.55. The van der Waals surface area contributed by atoms with E-state index >= 15 is 0 Å². The van der Waals surface area contributed by atoms with Gasteiger partial charge in [-0.2, -0.15) is 5.10 Å². The van der Waals surface area contributed by atoms with Gasteiger partial charge in [-0.15, -0.1) is 0 Å². The van der Waals surface area contributed by atoms with E-state index in [1.54, 1.807) is 4.68 Å². The van der Waals surface area contributed by atoms with Gasteiger partial charge in [0.15, 0.2) is 0 Å². The van der Waals surface area contributed by atoms with Crippen molar-refractivity contribution in [3.8, 4) is 5.69 Å². The maximum Gasteiger partial charge on any atom is 0.214 e. The van der Waals surface area contributed by atoms with Crippen molar-refractivity contribution in [3.63, 3.8) is 0 Å². The maximum absolute atomic E-state index is 13.0. The Kier molecular flexibility index (Phi) is 3.76. The molecule has 5 aromatic rings. The summed E-state index contributed by atoms with van der Waals surface area (Å²) in [5, 5.41) is 5.32. The van der Waals surface area contributed by atoms with Gasteiger partial charge in [0.25, 0.3) is 0 Å². The molecule has 0 radical (unpaired) electrons. The summed E-state index contributed by atoms with van der Waals surface area (Å²) >= 11 is 2.25. The summed E-state index contributed by atoms with van der Waals surface area (Å²) in [4.78, 5) is 23.8. The Bertz CT molecular complexity index is 1380. The largest absolute Gasteiger partial charge is 0.383 e. The van der Waals surface area contributed by atoms with Crippen molar-refractivity contribution in [2.75, 3.05) is 5.73 Å². The van der Waals surface area contributed by atoms with E-state index in [2.05, 4.69) is 42.6 Å². The number of rotatable bonds is 3. The van der Waals surface area contributed by atoms with Gasteiger partial charge in [-0.1, -0.05) is 0 Å². The molecule has 0 amide bonds. The van der Waals surface area contributed by atoms with Crippen LogP contribution in [-0.2, 0) is 0 Å². The van der Waals surface area contributed by atoms with Crippen molar-refractivity contribution in [2.24, 2.45) is 0 Å². The fourth-order valence-corrected chi connectivity index (χ4v) is 3.88. The molecule has 0 fully saturated rings. The molecule has 0 bridgehead atoms. The van der Waals surface area contributed by atoms with Crippen LogP contribution >= 0.6 is 22.6 Å². The third kappa shape index (κ3) is 2.68. The van der Waals surface area contributed by atoms with Crippen LogP contribution < -0.4 is 5.73 Å². The summed E-state index contributed by atoms with van der Waals surface area (Å²) in [6.45, 7) is 1.90. The highest BCUT2D eigenvalue weighted by atomic mass is 127. The summed E-state index contributed by atoms with van der Waals surface area (Å²) < 4.78 is 2.67. The van der Waals surface area contributed by atoms with E-state index in [0.717, 1.165) is 37.0 Å². The molecule has 5 rings (SSSR count). The minimum Gasteiger partial charge on any atom is -0.383 e. The molecule has 3 aromatic heterocycles. The van der Waals surface area contributed by atoms with Crippen LogP contribution in [0.4, 0.5) is 5.82 Å². The van der Waals surface area contributed by atoms with Gasteiger partial charge < -0.3 is 15.7 Å². The van der Waals surface area contributed by atoms with Crippen LogP contribution in [0.3, 0.4) is 0 Å². The molecule has 0 saturated carbocycles. The number of benzene rings is 2. The van der Waals surface area contributed by atoms with E-state index in [1.807, 2.05) is 49.4 Å². The highest BCUT2D eigenvalue weighted by Gasteiger charge is 2.20. The average molecular weight is 482 g/mol. The number of carbonyl (C=O) groups is 1. The molecule has 2 aromatic carbocycles. The number of carbonyl (C=O) groups excluding carboxylic acids is 1.